The normalized spacial score (nSPS) is 10.1. The van der Waals surface area contributed by atoms with E-state index in [1.165, 1.54) is 11.3 Å². The van der Waals surface area contributed by atoms with Crippen LogP contribution in [-0.2, 0) is 0 Å². The Bertz CT molecular complexity index is 592. The maximum absolute atomic E-state index is 10.9. The van der Waals surface area contributed by atoms with E-state index in [2.05, 4.69) is 6.07 Å². The van der Waals surface area contributed by atoms with Crippen molar-refractivity contribution in [2.75, 3.05) is 0 Å². The van der Waals surface area contributed by atoms with Crippen molar-refractivity contribution in [3.8, 4) is 6.07 Å². The van der Waals surface area contributed by atoms with Crippen molar-refractivity contribution in [3.63, 3.8) is 0 Å². The monoisotopic (exact) mass is 217 g/mol. The molecule has 74 valence electrons. The van der Waals surface area contributed by atoms with Crippen LogP contribution in [-0.4, -0.2) is 11.1 Å². The molecule has 2 aromatic rings. The third-order valence-electron chi connectivity index (χ3n) is 2.27. The number of carboxylic acid groups (broad SMARTS) is 1. The fraction of sp³-hybridized carbons (Fsp3) is 0.0909. The molecule has 2 rings (SSSR count). The molecule has 1 heterocycles. The minimum atomic E-state index is -0.933. The highest BCUT2D eigenvalue weighted by molar-refractivity contribution is 7.21. The Morgan fingerprint density at radius 1 is 1.53 bits per heavy atom. The lowest BCUT2D eigenvalue weighted by Crippen LogP contribution is -1.93. The second-order valence-corrected chi connectivity index (χ2v) is 4.20. The second-order valence-electron chi connectivity index (χ2n) is 3.15. The van der Waals surface area contributed by atoms with Crippen LogP contribution in [0.5, 0.6) is 0 Å². The molecule has 0 saturated heterocycles. The number of hydrogen-bond acceptors (Lipinski definition) is 3. The summed E-state index contributed by atoms with van der Waals surface area (Å²) < 4.78 is 0.851. The van der Waals surface area contributed by atoms with Gasteiger partial charge in [0.1, 0.15) is 4.88 Å². The quantitative estimate of drug-likeness (QED) is 0.798. The van der Waals surface area contributed by atoms with Gasteiger partial charge in [0.05, 0.1) is 11.6 Å². The van der Waals surface area contributed by atoms with E-state index in [1.54, 1.807) is 19.1 Å². The summed E-state index contributed by atoms with van der Waals surface area (Å²) in [6.07, 6.45) is 0. The highest BCUT2D eigenvalue weighted by Crippen LogP contribution is 2.32. The summed E-state index contributed by atoms with van der Waals surface area (Å²) in [6, 6.07) is 7.38. The molecule has 0 spiro atoms. The molecule has 0 aliphatic carbocycles. The first kappa shape index (κ1) is 9.69. The zero-order valence-corrected chi connectivity index (χ0v) is 8.76. The molecule has 0 radical (unpaired) electrons. The highest BCUT2D eigenvalue weighted by Gasteiger charge is 2.16. The van der Waals surface area contributed by atoms with Gasteiger partial charge in [-0.15, -0.1) is 11.3 Å². The predicted octanol–water partition coefficient (Wildman–Crippen LogP) is 2.78. The molecule has 1 aromatic heterocycles. The molecular weight excluding hydrogens is 210 g/mol. The van der Waals surface area contributed by atoms with Gasteiger partial charge >= 0.3 is 5.97 Å². The largest absolute Gasteiger partial charge is 0.477 e. The average Bonchev–Trinajstić information content (AvgIpc) is 2.56. The minimum absolute atomic E-state index is 0.313. The zero-order chi connectivity index (χ0) is 11.0. The van der Waals surface area contributed by atoms with Crippen LogP contribution in [0.25, 0.3) is 10.1 Å². The maximum Gasteiger partial charge on any atom is 0.346 e. The van der Waals surface area contributed by atoms with Crippen LogP contribution in [0.3, 0.4) is 0 Å². The van der Waals surface area contributed by atoms with Crippen LogP contribution >= 0.6 is 11.3 Å². The Kier molecular flexibility index (Phi) is 2.18. The lowest BCUT2D eigenvalue weighted by molar-refractivity contribution is 0.0701. The summed E-state index contributed by atoms with van der Waals surface area (Å²) in [7, 11) is 0. The molecule has 0 unspecified atom stereocenters. The van der Waals surface area contributed by atoms with Crippen molar-refractivity contribution < 1.29 is 9.90 Å². The van der Waals surface area contributed by atoms with Crippen molar-refractivity contribution in [1.82, 2.24) is 0 Å². The molecule has 0 saturated carbocycles. The van der Waals surface area contributed by atoms with E-state index in [9.17, 15) is 4.79 Å². The molecule has 1 aromatic carbocycles. The summed E-state index contributed by atoms with van der Waals surface area (Å²) in [4.78, 5) is 11.2. The topological polar surface area (TPSA) is 61.1 Å². The van der Waals surface area contributed by atoms with Crippen molar-refractivity contribution in [2.24, 2.45) is 0 Å². The van der Waals surface area contributed by atoms with Crippen molar-refractivity contribution in [2.45, 2.75) is 6.92 Å². The number of aromatic carboxylic acids is 1. The number of carboxylic acids is 1. The van der Waals surface area contributed by atoms with E-state index >= 15 is 0 Å². The van der Waals surface area contributed by atoms with Gasteiger partial charge in [-0.3, -0.25) is 0 Å². The number of hydrogen-bond donors (Lipinski definition) is 1. The minimum Gasteiger partial charge on any atom is -0.477 e. The molecule has 15 heavy (non-hydrogen) atoms. The molecule has 0 atom stereocenters. The van der Waals surface area contributed by atoms with Crippen LogP contribution < -0.4 is 0 Å². The van der Waals surface area contributed by atoms with Crippen molar-refractivity contribution in [3.05, 3.63) is 34.2 Å². The number of aryl methyl sites for hydroxylation is 1. The molecule has 4 heteroatoms. The van der Waals surface area contributed by atoms with E-state index in [-0.39, 0.29) is 0 Å². The van der Waals surface area contributed by atoms with Crippen LogP contribution in [0.4, 0.5) is 0 Å². The van der Waals surface area contributed by atoms with Crippen LogP contribution in [0.1, 0.15) is 20.8 Å². The number of rotatable bonds is 1. The third kappa shape index (κ3) is 1.37. The summed E-state index contributed by atoms with van der Waals surface area (Å²) in [5.41, 5.74) is 1.22. The van der Waals surface area contributed by atoms with Gasteiger partial charge in [0.15, 0.2) is 0 Å². The number of nitriles is 1. The van der Waals surface area contributed by atoms with Gasteiger partial charge in [-0.05, 0) is 24.6 Å². The van der Waals surface area contributed by atoms with Gasteiger partial charge in [0.2, 0.25) is 0 Å². The fourth-order valence-corrected chi connectivity index (χ4v) is 2.67. The smallest absolute Gasteiger partial charge is 0.346 e. The number of thiophene rings is 1. The molecular formula is C11H7NO2S. The van der Waals surface area contributed by atoms with Crippen molar-refractivity contribution >= 4 is 27.4 Å². The first-order chi connectivity index (χ1) is 7.15. The Morgan fingerprint density at radius 2 is 2.27 bits per heavy atom. The van der Waals surface area contributed by atoms with Gasteiger partial charge in [-0.1, -0.05) is 6.07 Å². The maximum atomic E-state index is 10.9. The van der Waals surface area contributed by atoms with E-state index in [1.807, 2.05) is 6.07 Å². The molecule has 0 fully saturated rings. The lowest BCUT2D eigenvalue weighted by Gasteiger charge is -1.94. The van der Waals surface area contributed by atoms with Gasteiger partial charge in [0, 0.05) is 10.1 Å². The second kappa shape index (κ2) is 3.37. The molecule has 3 nitrogen and oxygen atoms in total. The van der Waals surface area contributed by atoms with Crippen LogP contribution in [0.2, 0.25) is 0 Å². The Balaban J connectivity index is 2.90. The first-order valence-corrected chi connectivity index (χ1v) is 5.12. The summed E-state index contributed by atoms with van der Waals surface area (Å²) in [6.45, 7) is 1.74. The van der Waals surface area contributed by atoms with Crippen molar-refractivity contribution in [1.29, 1.82) is 5.26 Å². The number of carbonyl (C=O) groups is 1. The van der Waals surface area contributed by atoms with E-state index in [0.29, 0.717) is 16.0 Å². The summed E-state index contributed by atoms with van der Waals surface area (Å²) >= 11 is 1.21. The van der Waals surface area contributed by atoms with Crippen LogP contribution in [0.15, 0.2) is 18.2 Å². The molecule has 0 bridgehead atoms. The van der Waals surface area contributed by atoms with Crippen LogP contribution in [0, 0.1) is 18.3 Å². The first-order valence-electron chi connectivity index (χ1n) is 4.30. The predicted molar refractivity (Wildman–Crippen MR) is 58.2 cm³/mol. The lowest BCUT2D eigenvalue weighted by atomic mass is 10.1. The summed E-state index contributed by atoms with van der Waals surface area (Å²) in [5, 5.41) is 18.6. The van der Waals surface area contributed by atoms with Gasteiger partial charge < -0.3 is 5.11 Å². The summed E-state index contributed by atoms with van der Waals surface area (Å²) in [5.74, 6) is -0.933. The Labute approximate surface area is 90.2 Å². The van der Waals surface area contributed by atoms with Gasteiger partial charge in [0.25, 0.3) is 0 Å². The molecule has 1 N–H and O–H groups in total. The van der Waals surface area contributed by atoms with E-state index < -0.39 is 5.97 Å². The Morgan fingerprint density at radius 3 is 2.87 bits per heavy atom. The van der Waals surface area contributed by atoms with E-state index in [0.717, 1.165) is 10.1 Å². The molecule has 0 amide bonds. The average molecular weight is 217 g/mol. The standard InChI is InChI=1S/C11H7NO2S/c1-6-9-7(5-12)3-2-4-8(9)15-10(6)11(13)14/h2-4H,1H3,(H,13,14). The zero-order valence-electron chi connectivity index (χ0n) is 7.94. The number of fused-ring (bicyclic) bond motifs is 1. The molecule has 0 aliphatic rings. The van der Waals surface area contributed by atoms with Gasteiger partial charge in [-0.2, -0.15) is 5.26 Å². The molecule has 0 aliphatic heterocycles. The third-order valence-corrected chi connectivity index (χ3v) is 3.51. The SMILES string of the molecule is Cc1c(C(=O)O)sc2cccc(C#N)c12. The number of benzene rings is 1. The number of nitrogens with zero attached hydrogens (tertiary/aromatic N) is 1. The Hall–Kier alpha value is -1.86. The van der Waals surface area contributed by atoms with Gasteiger partial charge in [-0.25, -0.2) is 4.79 Å². The fourth-order valence-electron chi connectivity index (χ4n) is 1.60. The highest BCUT2D eigenvalue weighted by atomic mass is 32.1. The van der Waals surface area contributed by atoms with E-state index in [4.69, 9.17) is 10.4 Å².